The first-order valence-electron chi connectivity index (χ1n) is 10.4. The van der Waals surface area contributed by atoms with E-state index in [9.17, 15) is 4.79 Å². The molecule has 0 aliphatic carbocycles. The molecule has 2 aromatic rings. The van der Waals surface area contributed by atoms with Crippen molar-refractivity contribution < 1.29 is 24.1 Å². The average Bonchev–Trinajstić information content (AvgIpc) is 3.24. The van der Waals surface area contributed by atoms with Crippen molar-refractivity contribution in [2.24, 2.45) is 5.92 Å². The summed E-state index contributed by atoms with van der Waals surface area (Å²) in [6.45, 7) is 3.82. The molecule has 1 aromatic heterocycles. The van der Waals surface area contributed by atoms with Crippen molar-refractivity contribution in [2.45, 2.75) is 38.0 Å². The summed E-state index contributed by atoms with van der Waals surface area (Å²) in [7, 11) is 0. The third-order valence-electron chi connectivity index (χ3n) is 5.79. The zero-order valence-corrected chi connectivity index (χ0v) is 17.2. The molecule has 0 amide bonds. The molecule has 2 fully saturated rings. The van der Waals surface area contributed by atoms with Crippen molar-refractivity contribution in [3.05, 3.63) is 54.2 Å². The van der Waals surface area contributed by atoms with Gasteiger partial charge < -0.3 is 24.2 Å². The number of hydrogen-bond donors (Lipinski definition) is 1. The SMILES string of the molecule is C[C@]1(C(=O)O)OC[C@H](Cc2ccc(OCC3CCCN3c3ccccn3)cc2)CO1. The molecule has 0 bridgehead atoms. The number of carbonyl (C=O) groups is 1. The summed E-state index contributed by atoms with van der Waals surface area (Å²) in [5, 5.41) is 9.14. The highest BCUT2D eigenvalue weighted by atomic mass is 16.7. The number of ether oxygens (including phenoxy) is 3. The van der Waals surface area contributed by atoms with E-state index in [4.69, 9.17) is 19.3 Å². The molecule has 160 valence electrons. The first-order valence-corrected chi connectivity index (χ1v) is 10.4. The highest BCUT2D eigenvalue weighted by molar-refractivity contribution is 5.75. The number of rotatable bonds is 7. The van der Waals surface area contributed by atoms with E-state index >= 15 is 0 Å². The maximum absolute atomic E-state index is 11.2. The third kappa shape index (κ3) is 4.74. The molecule has 2 saturated heterocycles. The van der Waals surface area contributed by atoms with E-state index in [0.717, 1.165) is 42.9 Å². The van der Waals surface area contributed by atoms with Gasteiger partial charge in [0.15, 0.2) is 0 Å². The minimum Gasteiger partial charge on any atom is -0.491 e. The van der Waals surface area contributed by atoms with Crippen molar-refractivity contribution in [3.63, 3.8) is 0 Å². The van der Waals surface area contributed by atoms with Gasteiger partial charge in [-0.1, -0.05) is 18.2 Å². The Morgan fingerprint density at radius 3 is 2.67 bits per heavy atom. The van der Waals surface area contributed by atoms with E-state index in [1.807, 2.05) is 48.7 Å². The lowest BCUT2D eigenvalue weighted by atomic mass is 9.99. The highest BCUT2D eigenvalue weighted by Crippen LogP contribution is 2.26. The summed E-state index contributed by atoms with van der Waals surface area (Å²) in [6, 6.07) is 14.4. The van der Waals surface area contributed by atoms with Crippen LogP contribution in [0.15, 0.2) is 48.7 Å². The molecular formula is C23H28N2O5. The number of aliphatic carboxylic acids is 1. The van der Waals surface area contributed by atoms with Gasteiger partial charge in [0.05, 0.1) is 19.3 Å². The van der Waals surface area contributed by atoms with Crippen LogP contribution in [0.4, 0.5) is 5.82 Å². The Labute approximate surface area is 176 Å². The zero-order chi connectivity index (χ0) is 21.0. The van der Waals surface area contributed by atoms with Gasteiger partial charge in [0, 0.05) is 25.6 Å². The van der Waals surface area contributed by atoms with Crippen LogP contribution in [0.25, 0.3) is 0 Å². The topological polar surface area (TPSA) is 81.1 Å². The number of carboxylic acid groups (broad SMARTS) is 1. The number of benzene rings is 1. The van der Waals surface area contributed by atoms with Crippen molar-refractivity contribution in [2.75, 3.05) is 31.3 Å². The maximum Gasteiger partial charge on any atom is 0.364 e. The molecule has 1 aromatic carbocycles. The minimum absolute atomic E-state index is 0.134. The Morgan fingerprint density at radius 1 is 1.23 bits per heavy atom. The number of carboxylic acids is 1. The quantitative estimate of drug-likeness (QED) is 0.748. The smallest absolute Gasteiger partial charge is 0.364 e. The molecule has 7 heteroatoms. The van der Waals surface area contributed by atoms with Gasteiger partial charge in [-0.2, -0.15) is 0 Å². The van der Waals surface area contributed by atoms with E-state index in [-0.39, 0.29) is 5.92 Å². The van der Waals surface area contributed by atoms with Crippen LogP contribution in [0, 0.1) is 5.92 Å². The van der Waals surface area contributed by atoms with Crippen molar-refractivity contribution in [3.8, 4) is 5.75 Å². The number of nitrogens with zero attached hydrogens (tertiary/aromatic N) is 2. The Kier molecular flexibility index (Phi) is 6.20. The molecule has 0 saturated carbocycles. The first-order chi connectivity index (χ1) is 14.5. The van der Waals surface area contributed by atoms with Gasteiger partial charge in [-0.05, 0) is 49.1 Å². The summed E-state index contributed by atoms with van der Waals surface area (Å²) < 4.78 is 16.9. The highest BCUT2D eigenvalue weighted by Gasteiger charge is 2.40. The Balaban J connectivity index is 1.27. The van der Waals surface area contributed by atoms with Crippen LogP contribution in [0.3, 0.4) is 0 Å². The second-order valence-electron chi connectivity index (χ2n) is 8.08. The standard InChI is InChI=1S/C23H28N2O5/c1-23(22(26)27)29-14-18(15-30-23)13-17-7-9-20(10-8-17)28-16-19-5-4-12-25(19)21-6-2-3-11-24-21/h2-3,6-11,18-19H,4-5,12-16H2,1H3,(H,26,27)/t18-,19?,23-. The number of pyridine rings is 1. The predicted octanol–water partition coefficient (Wildman–Crippen LogP) is 3.14. The van der Waals surface area contributed by atoms with E-state index in [0.29, 0.717) is 25.9 Å². The third-order valence-corrected chi connectivity index (χ3v) is 5.79. The van der Waals surface area contributed by atoms with Crippen LogP contribution in [0.2, 0.25) is 0 Å². The Bertz CT molecular complexity index is 834. The maximum atomic E-state index is 11.2. The fraction of sp³-hybridized carbons (Fsp3) is 0.478. The molecule has 30 heavy (non-hydrogen) atoms. The average molecular weight is 412 g/mol. The molecule has 1 unspecified atom stereocenters. The van der Waals surface area contributed by atoms with Gasteiger partial charge in [0.2, 0.25) is 0 Å². The molecule has 0 radical (unpaired) electrons. The number of aromatic nitrogens is 1. The molecule has 1 N–H and O–H groups in total. The van der Waals surface area contributed by atoms with E-state index < -0.39 is 11.8 Å². The summed E-state index contributed by atoms with van der Waals surface area (Å²) in [5.41, 5.74) is 1.15. The number of anilines is 1. The predicted molar refractivity (Wildman–Crippen MR) is 112 cm³/mol. The first kappa shape index (κ1) is 20.6. The van der Waals surface area contributed by atoms with Crippen molar-refractivity contribution >= 4 is 11.8 Å². The molecule has 7 nitrogen and oxygen atoms in total. The molecule has 2 aliphatic rings. The second-order valence-corrected chi connectivity index (χ2v) is 8.08. The van der Waals surface area contributed by atoms with E-state index in [1.54, 1.807) is 0 Å². The normalized spacial score (nSPS) is 26.5. The Morgan fingerprint density at radius 2 is 2.00 bits per heavy atom. The Hall–Kier alpha value is -2.64. The van der Waals surface area contributed by atoms with Crippen LogP contribution in [0.5, 0.6) is 5.75 Å². The lowest BCUT2D eigenvalue weighted by molar-refractivity contribution is -0.270. The molecule has 4 rings (SSSR count). The fourth-order valence-corrected chi connectivity index (χ4v) is 3.97. The minimum atomic E-state index is -1.53. The van der Waals surface area contributed by atoms with Crippen molar-refractivity contribution in [1.29, 1.82) is 0 Å². The number of hydrogen-bond acceptors (Lipinski definition) is 6. The summed E-state index contributed by atoms with van der Waals surface area (Å²) in [6.07, 6.45) is 4.85. The zero-order valence-electron chi connectivity index (χ0n) is 17.2. The van der Waals surface area contributed by atoms with E-state index in [1.165, 1.54) is 6.92 Å². The summed E-state index contributed by atoms with van der Waals surface area (Å²) in [5.74, 6) is -0.630. The van der Waals surface area contributed by atoms with Crippen LogP contribution < -0.4 is 9.64 Å². The van der Waals surface area contributed by atoms with Gasteiger partial charge >= 0.3 is 5.97 Å². The molecule has 2 aliphatic heterocycles. The summed E-state index contributed by atoms with van der Waals surface area (Å²) in [4.78, 5) is 18.0. The van der Waals surface area contributed by atoms with Gasteiger partial charge in [-0.25, -0.2) is 9.78 Å². The van der Waals surface area contributed by atoms with E-state index in [2.05, 4.69) is 9.88 Å². The lowest BCUT2D eigenvalue weighted by Gasteiger charge is -2.34. The molecule has 1 atom stereocenters. The van der Waals surface area contributed by atoms with Gasteiger partial charge in [-0.3, -0.25) is 0 Å². The molecular weight excluding hydrogens is 384 g/mol. The van der Waals surface area contributed by atoms with Gasteiger partial charge in [0.25, 0.3) is 5.79 Å². The monoisotopic (exact) mass is 412 g/mol. The van der Waals surface area contributed by atoms with Crippen LogP contribution in [0.1, 0.15) is 25.3 Å². The van der Waals surface area contributed by atoms with Crippen molar-refractivity contribution in [1.82, 2.24) is 4.98 Å². The van der Waals surface area contributed by atoms with Crippen LogP contribution >= 0.6 is 0 Å². The largest absolute Gasteiger partial charge is 0.491 e. The van der Waals surface area contributed by atoms with Gasteiger partial charge in [0.1, 0.15) is 18.2 Å². The van der Waals surface area contributed by atoms with Crippen LogP contribution in [-0.2, 0) is 20.7 Å². The summed E-state index contributed by atoms with van der Waals surface area (Å²) >= 11 is 0. The lowest BCUT2D eigenvalue weighted by Crippen LogP contribution is -2.48. The molecule has 3 heterocycles. The van der Waals surface area contributed by atoms with Crippen LogP contribution in [-0.4, -0.2) is 54.3 Å². The molecule has 0 spiro atoms. The second kappa shape index (κ2) is 9.02. The van der Waals surface area contributed by atoms with Gasteiger partial charge in [-0.15, -0.1) is 0 Å². The fourth-order valence-electron chi connectivity index (χ4n) is 3.97.